The number of hydrogen-bond donors (Lipinski definition) is 2. The number of ether oxygens (including phenoxy) is 1. The van der Waals surface area contributed by atoms with Crippen LogP contribution in [0, 0.1) is 0 Å². The highest BCUT2D eigenvalue weighted by Crippen LogP contribution is 2.15. The molecule has 3 heteroatoms. The molecule has 0 amide bonds. The molecular weight excluding hydrogens is 226 g/mol. The molecule has 2 N–H and O–H groups in total. The fourth-order valence-electron chi connectivity index (χ4n) is 1.67. The molecule has 0 radical (unpaired) electrons. The molecule has 1 saturated carbocycles. The number of aliphatic hydroxyl groups excluding tert-OH is 1. The first-order valence-corrected chi connectivity index (χ1v) is 6.80. The van der Waals surface area contributed by atoms with Crippen LogP contribution in [-0.2, 0) is 4.74 Å². The summed E-state index contributed by atoms with van der Waals surface area (Å²) >= 11 is 0. The monoisotopic (exact) mass is 255 g/mol. The van der Waals surface area contributed by atoms with E-state index >= 15 is 0 Å². The summed E-state index contributed by atoms with van der Waals surface area (Å²) in [7, 11) is 0. The molecule has 0 aliphatic heterocycles. The van der Waals surface area contributed by atoms with Gasteiger partial charge in [0.1, 0.15) is 11.4 Å². The Kier molecular flexibility index (Phi) is 8.34. The van der Waals surface area contributed by atoms with Gasteiger partial charge in [0.2, 0.25) is 0 Å². The molecule has 1 aliphatic rings. The Morgan fingerprint density at radius 1 is 1.06 bits per heavy atom. The fraction of sp³-hybridized carbons (Fsp3) is 0.733. The zero-order valence-corrected chi connectivity index (χ0v) is 12.2. The van der Waals surface area contributed by atoms with Crippen molar-refractivity contribution in [3.8, 4) is 0 Å². The van der Waals surface area contributed by atoms with Crippen molar-refractivity contribution in [2.45, 2.75) is 64.9 Å². The summed E-state index contributed by atoms with van der Waals surface area (Å²) in [6, 6.07) is 0. The summed E-state index contributed by atoms with van der Waals surface area (Å²) in [6.07, 6.45) is 9.00. The Bertz CT molecular complexity index is 238. The van der Waals surface area contributed by atoms with E-state index in [4.69, 9.17) is 9.84 Å². The van der Waals surface area contributed by atoms with Crippen LogP contribution in [0.15, 0.2) is 24.8 Å². The zero-order valence-electron chi connectivity index (χ0n) is 12.2. The smallest absolute Gasteiger partial charge is 0.180 e. The molecule has 18 heavy (non-hydrogen) atoms. The number of nitrogens with one attached hydrogen (secondary N) is 1. The van der Waals surface area contributed by atoms with Gasteiger partial charge in [0, 0.05) is 0 Å². The molecule has 106 valence electrons. The van der Waals surface area contributed by atoms with Gasteiger partial charge >= 0.3 is 0 Å². The largest absolute Gasteiger partial charge is 0.511 e. The Balaban J connectivity index is 0.000000397. The van der Waals surface area contributed by atoms with Gasteiger partial charge in [-0.3, -0.25) is 0 Å². The maximum atomic E-state index is 8.75. The number of aliphatic hydroxyl groups is 1. The molecule has 1 fully saturated rings. The van der Waals surface area contributed by atoms with Gasteiger partial charge in [0.05, 0.1) is 6.54 Å². The number of rotatable bonds is 4. The van der Waals surface area contributed by atoms with Crippen molar-refractivity contribution in [1.29, 1.82) is 0 Å². The Labute approximate surface area is 112 Å². The van der Waals surface area contributed by atoms with Gasteiger partial charge in [-0.15, -0.1) is 0 Å². The molecule has 0 aromatic carbocycles. The van der Waals surface area contributed by atoms with Crippen LogP contribution < -0.4 is 5.32 Å². The van der Waals surface area contributed by atoms with Gasteiger partial charge in [0.15, 0.2) is 5.88 Å². The van der Waals surface area contributed by atoms with Gasteiger partial charge in [-0.2, -0.15) is 0 Å². The third-order valence-corrected chi connectivity index (χ3v) is 2.42. The van der Waals surface area contributed by atoms with Crippen LogP contribution in [0.2, 0.25) is 0 Å². The molecule has 0 saturated heterocycles. The second-order valence-electron chi connectivity index (χ2n) is 5.68. The van der Waals surface area contributed by atoms with Crippen molar-refractivity contribution in [3.63, 3.8) is 0 Å². The van der Waals surface area contributed by atoms with E-state index in [2.05, 4.69) is 18.5 Å². The molecule has 0 aromatic rings. The van der Waals surface area contributed by atoms with Crippen molar-refractivity contribution in [3.05, 3.63) is 24.8 Å². The predicted octanol–water partition coefficient (Wildman–Crippen LogP) is 4.27. The molecule has 0 atom stereocenters. The van der Waals surface area contributed by atoms with E-state index in [1.807, 2.05) is 20.8 Å². The fourth-order valence-corrected chi connectivity index (χ4v) is 1.67. The van der Waals surface area contributed by atoms with Gasteiger partial charge in [0.25, 0.3) is 0 Å². The van der Waals surface area contributed by atoms with E-state index in [1.165, 1.54) is 38.5 Å². The molecule has 1 rings (SSSR count). The Morgan fingerprint density at radius 2 is 1.44 bits per heavy atom. The highest BCUT2D eigenvalue weighted by Gasteiger charge is 2.11. The molecule has 1 aliphatic carbocycles. The average molecular weight is 255 g/mol. The maximum Gasteiger partial charge on any atom is 0.180 e. The molecule has 0 bridgehead atoms. The van der Waals surface area contributed by atoms with Crippen LogP contribution in [0.3, 0.4) is 0 Å². The van der Waals surface area contributed by atoms with Crippen molar-refractivity contribution in [2.75, 3.05) is 6.54 Å². The normalized spacial score (nSPS) is 15.1. The lowest BCUT2D eigenvalue weighted by Gasteiger charge is -2.23. The molecule has 0 heterocycles. The molecule has 3 nitrogen and oxygen atoms in total. The van der Waals surface area contributed by atoms with E-state index in [0.29, 0.717) is 5.88 Å². The van der Waals surface area contributed by atoms with Gasteiger partial charge in [-0.1, -0.05) is 45.1 Å². The van der Waals surface area contributed by atoms with Crippen LogP contribution in [0.1, 0.15) is 59.3 Å². The average Bonchev–Trinajstić information content (AvgIpc) is 2.27. The van der Waals surface area contributed by atoms with Crippen LogP contribution >= 0.6 is 0 Å². The van der Waals surface area contributed by atoms with Gasteiger partial charge in [-0.05, 0) is 27.4 Å². The van der Waals surface area contributed by atoms with Crippen LogP contribution in [0.5, 0.6) is 0 Å². The first-order chi connectivity index (χ1) is 8.31. The highest BCUT2D eigenvalue weighted by atomic mass is 16.5. The second-order valence-corrected chi connectivity index (χ2v) is 5.68. The van der Waals surface area contributed by atoms with E-state index < -0.39 is 0 Å². The predicted molar refractivity (Wildman–Crippen MR) is 77.5 cm³/mol. The summed E-state index contributed by atoms with van der Waals surface area (Å²) in [5.41, 5.74) is -0.263. The van der Waals surface area contributed by atoms with E-state index in [1.54, 1.807) is 0 Å². The third kappa shape index (κ3) is 12.9. The minimum atomic E-state index is -0.263. The SMILES string of the molecule is C1CCCCC1.C=C(O)CNC(=C)OC(C)(C)C. The number of hydrogen-bond acceptors (Lipinski definition) is 3. The first kappa shape index (κ1) is 16.9. The quantitative estimate of drug-likeness (QED) is 0.737. The molecule has 0 aromatic heterocycles. The topological polar surface area (TPSA) is 41.5 Å². The zero-order chi connectivity index (χ0) is 14.0. The Hall–Kier alpha value is -1.12. The van der Waals surface area contributed by atoms with Crippen molar-refractivity contribution in [2.24, 2.45) is 0 Å². The van der Waals surface area contributed by atoms with E-state index in [-0.39, 0.29) is 17.9 Å². The lowest BCUT2D eigenvalue weighted by molar-refractivity contribution is 0.0416. The highest BCUT2D eigenvalue weighted by molar-refractivity contribution is 4.90. The second kappa shape index (κ2) is 8.90. The van der Waals surface area contributed by atoms with Crippen LogP contribution in [-0.4, -0.2) is 17.3 Å². The van der Waals surface area contributed by atoms with Crippen molar-refractivity contribution >= 4 is 0 Å². The summed E-state index contributed by atoms with van der Waals surface area (Å²) in [5, 5.41) is 11.5. The van der Waals surface area contributed by atoms with E-state index in [0.717, 1.165) is 0 Å². The molecule has 0 spiro atoms. The third-order valence-electron chi connectivity index (χ3n) is 2.42. The van der Waals surface area contributed by atoms with Crippen LogP contribution in [0.25, 0.3) is 0 Å². The van der Waals surface area contributed by atoms with Crippen LogP contribution in [0.4, 0.5) is 0 Å². The minimum absolute atomic E-state index is 0.0636. The minimum Gasteiger partial charge on any atom is -0.511 e. The molecular formula is C15H29NO2. The maximum absolute atomic E-state index is 8.75. The summed E-state index contributed by atoms with van der Waals surface area (Å²) in [4.78, 5) is 0. The summed E-state index contributed by atoms with van der Waals surface area (Å²) in [5.74, 6) is 0.506. The molecule has 0 unspecified atom stereocenters. The van der Waals surface area contributed by atoms with Crippen molar-refractivity contribution < 1.29 is 9.84 Å². The standard InChI is InChI=1S/C9H17NO2.C6H12/c1-7(11)6-10-8(2)12-9(3,4)5;1-2-4-6-5-3-1/h10-11H,1-2,6H2,3-5H3;1-6H2. The first-order valence-electron chi connectivity index (χ1n) is 6.80. The van der Waals surface area contributed by atoms with Gasteiger partial charge < -0.3 is 15.2 Å². The van der Waals surface area contributed by atoms with Gasteiger partial charge in [-0.25, -0.2) is 0 Å². The van der Waals surface area contributed by atoms with E-state index in [9.17, 15) is 0 Å². The Morgan fingerprint density at radius 3 is 1.72 bits per heavy atom. The van der Waals surface area contributed by atoms with Crippen molar-refractivity contribution in [1.82, 2.24) is 5.32 Å². The lowest BCUT2D eigenvalue weighted by atomic mass is 10.0. The summed E-state index contributed by atoms with van der Waals surface area (Å²) in [6.45, 7) is 13.0. The summed E-state index contributed by atoms with van der Waals surface area (Å²) < 4.78 is 5.33. The lowest BCUT2D eigenvalue weighted by Crippen LogP contribution is -2.26.